The average molecular weight is 511 g/mol. The Hall–Kier alpha value is -3.52. The second kappa shape index (κ2) is 11.0. The van der Waals surface area contributed by atoms with Crippen LogP contribution in [0.3, 0.4) is 0 Å². The predicted octanol–water partition coefficient (Wildman–Crippen LogP) is 5.45. The van der Waals surface area contributed by atoms with Gasteiger partial charge in [-0.15, -0.1) is 0 Å². The molecule has 192 valence electrons. The molecule has 0 radical (unpaired) electrons. The van der Waals surface area contributed by atoms with Gasteiger partial charge in [-0.3, -0.25) is 9.10 Å². The maximum Gasteiger partial charge on any atom is 0.264 e. The lowest BCUT2D eigenvalue weighted by Gasteiger charge is -2.22. The molecule has 1 amide bonds. The number of sulfonamides is 1. The van der Waals surface area contributed by atoms with Crippen molar-refractivity contribution >= 4 is 21.6 Å². The van der Waals surface area contributed by atoms with Gasteiger partial charge in [0.05, 0.1) is 30.8 Å². The smallest absolute Gasteiger partial charge is 0.264 e. The van der Waals surface area contributed by atoms with Crippen molar-refractivity contribution in [1.82, 2.24) is 5.32 Å². The summed E-state index contributed by atoms with van der Waals surface area (Å²) < 4.78 is 37.8. The van der Waals surface area contributed by atoms with Crippen LogP contribution in [0.15, 0.2) is 65.6 Å². The van der Waals surface area contributed by atoms with Gasteiger partial charge in [-0.2, -0.15) is 0 Å². The maximum atomic E-state index is 13.0. The Morgan fingerprint density at radius 3 is 2.03 bits per heavy atom. The molecule has 36 heavy (non-hydrogen) atoms. The number of benzene rings is 3. The second-order valence-corrected chi connectivity index (χ2v) is 11.0. The Morgan fingerprint density at radius 1 is 0.889 bits per heavy atom. The zero-order chi connectivity index (χ0) is 26.6. The molecule has 1 atom stereocenters. The fourth-order valence-electron chi connectivity index (χ4n) is 4.04. The van der Waals surface area contributed by atoms with Crippen molar-refractivity contribution < 1.29 is 22.7 Å². The largest absolute Gasteiger partial charge is 0.497 e. The summed E-state index contributed by atoms with van der Waals surface area (Å²) in [6.07, 6.45) is 0. The molecule has 0 aliphatic carbocycles. The van der Waals surface area contributed by atoms with Crippen LogP contribution < -0.4 is 19.1 Å². The lowest BCUT2D eigenvalue weighted by Crippen LogP contribution is -2.28. The van der Waals surface area contributed by atoms with Gasteiger partial charge in [0, 0.05) is 12.6 Å². The molecule has 3 aromatic rings. The summed E-state index contributed by atoms with van der Waals surface area (Å²) >= 11 is 0. The molecule has 0 spiro atoms. The van der Waals surface area contributed by atoms with E-state index in [1.54, 1.807) is 43.5 Å². The van der Waals surface area contributed by atoms with Crippen LogP contribution in [0.25, 0.3) is 0 Å². The lowest BCUT2D eigenvalue weighted by molar-refractivity contribution is 0.0940. The summed E-state index contributed by atoms with van der Waals surface area (Å²) in [5, 5.41) is 3.05. The number of carbonyl (C=O) groups excluding carboxylic acids is 1. The third-order valence-corrected chi connectivity index (χ3v) is 8.07. The number of aryl methyl sites for hydroxylation is 1. The number of nitrogens with zero attached hydrogens (tertiary/aromatic N) is 1. The minimum Gasteiger partial charge on any atom is -0.497 e. The van der Waals surface area contributed by atoms with Crippen molar-refractivity contribution in [3.8, 4) is 11.5 Å². The SMILES string of the molecule is COc1ccc(S(=O)(=O)N(C)c2ccc(C(=O)N[C@H](C)c3cc(C(C)C)c(OC)cc3C)cc2)cc1. The number of carbonyl (C=O) groups is 1. The van der Waals surface area contributed by atoms with Gasteiger partial charge in [-0.05, 0) is 97.1 Å². The van der Waals surface area contributed by atoms with Crippen LogP contribution >= 0.6 is 0 Å². The minimum absolute atomic E-state index is 0.150. The van der Waals surface area contributed by atoms with E-state index in [4.69, 9.17) is 9.47 Å². The molecule has 0 fully saturated rings. The highest BCUT2D eigenvalue weighted by Gasteiger charge is 2.22. The molecule has 1 N–H and O–H groups in total. The third-order valence-electron chi connectivity index (χ3n) is 6.27. The van der Waals surface area contributed by atoms with Gasteiger partial charge < -0.3 is 14.8 Å². The molecule has 0 heterocycles. The van der Waals surface area contributed by atoms with Crippen LogP contribution in [0.1, 0.15) is 59.8 Å². The molecule has 0 saturated carbocycles. The Kier molecular flexibility index (Phi) is 8.30. The van der Waals surface area contributed by atoms with Crippen LogP contribution in [0.4, 0.5) is 5.69 Å². The van der Waals surface area contributed by atoms with Crippen LogP contribution in [0, 0.1) is 6.92 Å². The van der Waals surface area contributed by atoms with Crippen molar-refractivity contribution in [3.63, 3.8) is 0 Å². The molecular formula is C28H34N2O5S. The number of amides is 1. The molecule has 8 heteroatoms. The monoisotopic (exact) mass is 510 g/mol. The number of hydrogen-bond donors (Lipinski definition) is 1. The first kappa shape index (κ1) is 27.1. The van der Waals surface area contributed by atoms with E-state index in [1.165, 1.54) is 30.6 Å². The summed E-state index contributed by atoms with van der Waals surface area (Å²) in [6.45, 7) is 8.15. The Labute approximate surface area is 214 Å². The fraction of sp³-hybridized carbons (Fsp3) is 0.321. The molecule has 3 aromatic carbocycles. The predicted molar refractivity (Wildman–Crippen MR) is 143 cm³/mol. The molecule has 3 rings (SSSR count). The highest BCUT2D eigenvalue weighted by atomic mass is 32.2. The molecular weight excluding hydrogens is 476 g/mol. The summed E-state index contributed by atoms with van der Waals surface area (Å²) in [5.74, 6) is 1.46. The average Bonchev–Trinajstić information content (AvgIpc) is 2.87. The van der Waals surface area contributed by atoms with Crippen molar-refractivity contribution in [3.05, 3.63) is 82.9 Å². The van der Waals surface area contributed by atoms with Crippen molar-refractivity contribution in [2.45, 2.75) is 44.6 Å². The van der Waals surface area contributed by atoms with Crippen molar-refractivity contribution in [1.29, 1.82) is 0 Å². The topological polar surface area (TPSA) is 84.9 Å². The number of rotatable bonds is 9. The molecule has 0 aromatic heterocycles. The Bertz CT molecular complexity index is 1320. The molecule has 0 aliphatic rings. The first-order valence-electron chi connectivity index (χ1n) is 11.7. The van der Waals surface area contributed by atoms with Gasteiger partial charge in [0.1, 0.15) is 11.5 Å². The number of hydrogen-bond acceptors (Lipinski definition) is 5. The summed E-state index contributed by atoms with van der Waals surface area (Å²) in [5.41, 5.74) is 4.03. The molecule has 0 aliphatic heterocycles. The van der Waals surface area contributed by atoms with Gasteiger partial charge in [0.15, 0.2) is 0 Å². The van der Waals surface area contributed by atoms with E-state index in [0.717, 1.165) is 22.4 Å². The van der Waals surface area contributed by atoms with Gasteiger partial charge >= 0.3 is 0 Å². The first-order chi connectivity index (χ1) is 17.0. The van der Waals surface area contributed by atoms with E-state index in [1.807, 2.05) is 19.9 Å². The van der Waals surface area contributed by atoms with E-state index in [-0.39, 0.29) is 22.8 Å². The second-order valence-electron chi connectivity index (χ2n) is 9.00. The van der Waals surface area contributed by atoms with Gasteiger partial charge in [-0.1, -0.05) is 13.8 Å². The standard InChI is InChI=1S/C28H34N2O5S/c1-18(2)25-17-26(19(3)16-27(25)35-7)20(4)29-28(31)21-8-10-22(11-9-21)30(5)36(32,33)24-14-12-23(34-6)13-15-24/h8-18,20H,1-7H3,(H,29,31)/t20-/m1/s1. The van der Waals surface area contributed by atoms with Gasteiger partial charge in [-0.25, -0.2) is 8.42 Å². The first-order valence-corrected chi connectivity index (χ1v) is 13.2. The molecule has 7 nitrogen and oxygen atoms in total. The van der Waals surface area contributed by atoms with E-state index in [0.29, 0.717) is 17.0 Å². The minimum atomic E-state index is -3.76. The van der Waals surface area contributed by atoms with Gasteiger partial charge in [0.25, 0.3) is 15.9 Å². The maximum absolute atomic E-state index is 13.0. The van der Waals surface area contributed by atoms with Crippen LogP contribution in [0.2, 0.25) is 0 Å². The van der Waals surface area contributed by atoms with E-state index < -0.39 is 10.0 Å². The Balaban J connectivity index is 1.76. The molecule has 0 unspecified atom stereocenters. The number of methoxy groups -OCH3 is 2. The van der Waals surface area contributed by atoms with Crippen molar-refractivity contribution in [2.24, 2.45) is 0 Å². The zero-order valence-electron chi connectivity index (χ0n) is 21.8. The van der Waals surface area contributed by atoms with E-state index in [2.05, 4.69) is 25.2 Å². The van der Waals surface area contributed by atoms with Crippen LogP contribution in [0.5, 0.6) is 11.5 Å². The van der Waals surface area contributed by atoms with Crippen LogP contribution in [-0.2, 0) is 10.0 Å². The normalized spacial score (nSPS) is 12.2. The molecule has 0 saturated heterocycles. The van der Waals surface area contributed by atoms with E-state index >= 15 is 0 Å². The zero-order valence-corrected chi connectivity index (χ0v) is 22.6. The van der Waals surface area contributed by atoms with E-state index in [9.17, 15) is 13.2 Å². The fourth-order valence-corrected chi connectivity index (χ4v) is 5.23. The lowest BCUT2D eigenvalue weighted by atomic mass is 9.93. The Morgan fingerprint density at radius 2 is 1.50 bits per heavy atom. The third kappa shape index (κ3) is 5.65. The highest BCUT2D eigenvalue weighted by molar-refractivity contribution is 7.92. The summed E-state index contributed by atoms with van der Waals surface area (Å²) in [7, 11) is 0.906. The highest BCUT2D eigenvalue weighted by Crippen LogP contribution is 2.32. The number of anilines is 1. The number of ether oxygens (including phenoxy) is 2. The summed E-state index contributed by atoms with van der Waals surface area (Å²) in [4.78, 5) is 13.1. The van der Waals surface area contributed by atoms with Gasteiger partial charge in [0.2, 0.25) is 0 Å². The van der Waals surface area contributed by atoms with Crippen LogP contribution in [-0.4, -0.2) is 35.6 Å². The van der Waals surface area contributed by atoms with Crippen molar-refractivity contribution in [2.75, 3.05) is 25.6 Å². The quantitative estimate of drug-likeness (QED) is 0.414. The number of nitrogens with one attached hydrogen (secondary N) is 1. The summed E-state index contributed by atoms with van der Waals surface area (Å²) in [6, 6.07) is 16.6. The molecule has 0 bridgehead atoms.